The number of primary amides is 1. The van der Waals surface area contributed by atoms with Crippen molar-refractivity contribution in [2.45, 2.75) is 62.0 Å². The van der Waals surface area contributed by atoms with E-state index < -0.39 is 47.4 Å². The zero-order valence-electron chi connectivity index (χ0n) is 16.9. The number of alkyl carbamates (subject to hydrolysis) is 1. The molecule has 1 aromatic rings. The van der Waals surface area contributed by atoms with Gasteiger partial charge in [-0.1, -0.05) is 11.6 Å². The summed E-state index contributed by atoms with van der Waals surface area (Å²) >= 11 is 5.88. The van der Waals surface area contributed by atoms with Gasteiger partial charge in [-0.3, -0.25) is 4.79 Å². The van der Waals surface area contributed by atoms with Crippen molar-refractivity contribution < 1.29 is 32.3 Å². The van der Waals surface area contributed by atoms with Gasteiger partial charge in [0.25, 0.3) is 0 Å². The molecule has 0 heterocycles. The maximum atomic E-state index is 13.2. The molecule has 4 saturated carbocycles. The van der Waals surface area contributed by atoms with Crippen molar-refractivity contribution in [1.29, 1.82) is 0 Å². The second kappa shape index (κ2) is 7.72. The van der Waals surface area contributed by atoms with Gasteiger partial charge < -0.3 is 26.0 Å². The number of hydrogen-bond donors (Lipinski definition) is 3. The molecule has 4 aliphatic rings. The normalized spacial score (nSPS) is 25.8. The van der Waals surface area contributed by atoms with E-state index in [1.807, 2.05) is 0 Å². The van der Waals surface area contributed by atoms with Crippen LogP contribution in [0.4, 0.5) is 22.8 Å². The van der Waals surface area contributed by atoms with Gasteiger partial charge in [-0.2, -0.15) is 13.2 Å². The van der Waals surface area contributed by atoms with Crippen LogP contribution in [-0.2, 0) is 22.3 Å². The second-order valence-corrected chi connectivity index (χ2v) is 9.24. The third-order valence-corrected chi connectivity index (χ3v) is 6.30. The molecule has 0 radical (unpaired) electrons. The highest BCUT2D eigenvalue weighted by molar-refractivity contribution is 6.30. The second-order valence-electron chi connectivity index (χ2n) is 8.81. The zero-order valence-corrected chi connectivity index (χ0v) is 17.7. The fraction of sp³-hybridized carbons (Fsp3) is 0.550. The standard InChI is InChI=1S/C20H22ClF3N4O4/c21-13-4-11(3-12(5-13)20(22,23)24)7-28(15(29)6-26-16(25)30)19-8-18(9-19,10-19)27-17(31)32-14-1-2-14/h3-5,14H,1-2,6-10H2,(H,27,31)(H3,25,26,30). The lowest BCUT2D eigenvalue weighted by Gasteiger charge is -2.73. The predicted molar refractivity (Wildman–Crippen MR) is 107 cm³/mol. The summed E-state index contributed by atoms with van der Waals surface area (Å²) in [6.45, 7) is -0.528. The number of nitrogens with one attached hydrogen (secondary N) is 2. The quantitative estimate of drug-likeness (QED) is 0.563. The minimum absolute atomic E-state index is 0.0417. The molecule has 8 nitrogen and oxygen atoms in total. The molecule has 32 heavy (non-hydrogen) atoms. The first-order chi connectivity index (χ1) is 14.9. The first-order valence-corrected chi connectivity index (χ1v) is 10.5. The highest BCUT2D eigenvalue weighted by Crippen LogP contribution is 2.64. The average molecular weight is 475 g/mol. The van der Waals surface area contributed by atoms with E-state index in [0.717, 1.165) is 25.0 Å². The topological polar surface area (TPSA) is 114 Å². The van der Waals surface area contributed by atoms with E-state index in [4.69, 9.17) is 22.1 Å². The maximum Gasteiger partial charge on any atom is 0.416 e. The molecular formula is C20H22ClF3N4O4. The third kappa shape index (κ3) is 4.57. The van der Waals surface area contributed by atoms with Gasteiger partial charge in [-0.05, 0) is 55.9 Å². The van der Waals surface area contributed by atoms with Crippen molar-refractivity contribution >= 4 is 29.6 Å². The molecule has 0 spiro atoms. The number of rotatable bonds is 7. The number of urea groups is 1. The summed E-state index contributed by atoms with van der Waals surface area (Å²) in [4.78, 5) is 37.3. The van der Waals surface area contributed by atoms with Crippen LogP contribution in [0, 0.1) is 0 Å². The van der Waals surface area contributed by atoms with Gasteiger partial charge in [-0.15, -0.1) is 0 Å². The number of nitrogens with two attached hydrogens (primary N) is 1. The smallest absolute Gasteiger partial charge is 0.416 e. The van der Waals surface area contributed by atoms with Crippen LogP contribution in [0.25, 0.3) is 0 Å². The van der Waals surface area contributed by atoms with E-state index in [0.29, 0.717) is 19.3 Å². The predicted octanol–water partition coefficient (Wildman–Crippen LogP) is 2.92. The molecule has 4 aliphatic carbocycles. The fourth-order valence-corrected chi connectivity index (χ4v) is 4.86. The van der Waals surface area contributed by atoms with Crippen LogP contribution < -0.4 is 16.4 Å². The Kier molecular flexibility index (Phi) is 5.43. The molecule has 1 aromatic carbocycles. The first-order valence-electron chi connectivity index (χ1n) is 10.1. The summed E-state index contributed by atoms with van der Waals surface area (Å²) in [6.07, 6.45) is -2.12. The Morgan fingerprint density at radius 3 is 2.41 bits per heavy atom. The van der Waals surface area contributed by atoms with Crippen molar-refractivity contribution in [1.82, 2.24) is 15.5 Å². The molecule has 5 rings (SSSR count). The molecule has 0 aliphatic heterocycles. The van der Waals surface area contributed by atoms with Crippen LogP contribution >= 0.6 is 11.6 Å². The molecule has 2 bridgehead atoms. The Hall–Kier alpha value is -2.69. The number of carbonyl (C=O) groups is 3. The van der Waals surface area contributed by atoms with Crippen LogP contribution in [0.1, 0.15) is 43.2 Å². The molecule has 0 aromatic heterocycles. The number of amides is 4. The minimum Gasteiger partial charge on any atom is -0.446 e. The zero-order chi connectivity index (χ0) is 23.3. The van der Waals surface area contributed by atoms with Crippen LogP contribution in [0.3, 0.4) is 0 Å². The van der Waals surface area contributed by atoms with E-state index >= 15 is 0 Å². The Morgan fingerprint density at radius 1 is 1.19 bits per heavy atom. The molecule has 4 N–H and O–H groups in total. The lowest BCUT2D eigenvalue weighted by Crippen LogP contribution is -2.84. The number of alkyl halides is 3. The van der Waals surface area contributed by atoms with E-state index in [-0.39, 0.29) is 23.2 Å². The van der Waals surface area contributed by atoms with Gasteiger partial charge in [0.1, 0.15) is 6.10 Å². The lowest BCUT2D eigenvalue weighted by atomic mass is 9.43. The highest BCUT2D eigenvalue weighted by atomic mass is 35.5. The highest BCUT2D eigenvalue weighted by Gasteiger charge is 2.72. The Labute approximate surface area is 186 Å². The number of nitrogens with zero attached hydrogens (tertiary/aromatic N) is 1. The molecule has 4 fully saturated rings. The number of hydrogen-bond acceptors (Lipinski definition) is 4. The van der Waals surface area contributed by atoms with Crippen molar-refractivity contribution in [3.8, 4) is 0 Å². The summed E-state index contributed by atoms with van der Waals surface area (Å²) in [6, 6.07) is 2.24. The summed E-state index contributed by atoms with van der Waals surface area (Å²) in [5.74, 6) is -0.494. The van der Waals surface area contributed by atoms with Gasteiger partial charge in [0, 0.05) is 11.6 Å². The number of benzene rings is 1. The van der Waals surface area contributed by atoms with Gasteiger partial charge in [0.2, 0.25) is 5.91 Å². The van der Waals surface area contributed by atoms with E-state index in [1.54, 1.807) is 0 Å². The molecule has 4 amide bonds. The fourth-order valence-electron chi connectivity index (χ4n) is 4.60. The Balaban J connectivity index is 1.49. The van der Waals surface area contributed by atoms with Crippen molar-refractivity contribution in [3.63, 3.8) is 0 Å². The third-order valence-electron chi connectivity index (χ3n) is 6.08. The average Bonchev–Trinajstić information content (AvgIpc) is 3.42. The number of carbonyl (C=O) groups excluding carboxylic acids is 3. The monoisotopic (exact) mass is 474 g/mol. The number of ether oxygens (including phenoxy) is 1. The maximum absolute atomic E-state index is 13.2. The minimum atomic E-state index is -4.59. The van der Waals surface area contributed by atoms with Crippen LogP contribution in [-0.4, -0.2) is 46.7 Å². The van der Waals surface area contributed by atoms with E-state index in [9.17, 15) is 27.6 Å². The molecule has 0 unspecified atom stereocenters. The summed E-state index contributed by atoms with van der Waals surface area (Å²) in [5, 5.41) is 4.96. The van der Waals surface area contributed by atoms with Crippen LogP contribution in [0.15, 0.2) is 18.2 Å². The van der Waals surface area contributed by atoms with Gasteiger partial charge in [0.15, 0.2) is 0 Å². The van der Waals surface area contributed by atoms with E-state index in [2.05, 4.69) is 10.6 Å². The summed E-state index contributed by atoms with van der Waals surface area (Å²) < 4.78 is 44.8. The largest absolute Gasteiger partial charge is 0.446 e. The summed E-state index contributed by atoms with van der Waals surface area (Å²) in [5.41, 5.74) is 3.20. The van der Waals surface area contributed by atoms with Gasteiger partial charge >= 0.3 is 18.3 Å². The first kappa shape index (κ1) is 22.5. The molecule has 12 heteroatoms. The van der Waals surface area contributed by atoms with Gasteiger partial charge in [0.05, 0.1) is 23.2 Å². The van der Waals surface area contributed by atoms with Gasteiger partial charge in [-0.25, -0.2) is 9.59 Å². The van der Waals surface area contributed by atoms with Crippen LogP contribution in [0.5, 0.6) is 0 Å². The van der Waals surface area contributed by atoms with Crippen LogP contribution in [0.2, 0.25) is 5.02 Å². The molecular weight excluding hydrogens is 453 g/mol. The van der Waals surface area contributed by atoms with Crippen molar-refractivity contribution in [2.75, 3.05) is 6.54 Å². The van der Waals surface area contributed by atoms with Crippen molar-refractivity contribution in [2.24, 2.45) is 5.73 Å². The molecule has 0 saturated heterocycles. The Bertz CT molecular complexity index is 947. The SMILES string of the molecule is NC(=O)NCC(=O)N(Cc1cc(Cl)cc(C(F)(F)F)c1)C12CC(NC(=O)OC3CC3)(C1)C2. The molecule has 0 atom stereocenters. The Morgan fingerprint density at radius 2 is 1.84 bits per heavy atom. The lowest BCUT2D eigenvalue weighted by molar-refractivity contribution is -0.189. The van der Waals surface area contributed by atoms with Crippen molar-refractivity contribution in [3.05, 3.63) is 34.3 Å². The molecule has 174 valence electrons. The summed E-state index contributed by atoms with van der Waals surface area (Å²) in [7, 11) is 0. The number of halogens is 4. The van der Waals surface area contributed by atoms with E-state index in [1.165, 1.54) is 11.0 Å².